The minimum atomic E-state index is -0.132. The molecule has 0 aromatic rings. The van der Waals surface area contributed by atoms with Gasteiger partial charge in [0.25, 0.3) is 0 Å². The second-order valence-electron chi connectivity index (χ2n) is 7.26. The Morgan fingerprint density at radius 3 is 1.56 bits per heavy atom. The molecule has 0 aliphatic heterocycles. The van der Waals surface area contributed by atoms with Crippen LogP contribution < -0.4 is 0 Å². The van der Waals surface area contributed by atoms with Crippen LogP contribution in [0, 0.1) is 0 Å². The third-order valence-corrected chi connectivity index (χ3v) is 4.71. The fourth-order valence-corrected chi connectivity index (χ4v) is 3.09. The third kappa shape index (κ3) is 26.6. The summed E-state index contributed by atoms with van der Waals surface area (Å²) < 4.78 is 10.1. The molecule has 4 nitrogen and oxygen atoms in total. The zero-order valence-electron chi connectivity index (χ0n) is 17.3. The average molecular weight is 415 g/mol. The molecule has 0 heterocycles. The topological polar surface area (TPSA) is 55.8 Å². The Morgan fingerprint density at radius 2 is 1.11 bits per heavy atom. The van der Waals surface area contributed by atoms with E-state index in [9.17, 15) is 4.79 Å². The molecule has 0 aliphatic carbocycles. The molecule has 5 heteroatoms. The quantitative estimate of drug-likeness (QED) is 0.165. The van der Waals surface area contributed by atoms with E-state index in [1.807, 2.05) is 0 Å². The van der Waals surface area contributed by atoms with E-state index in [4.69, 9.17) is 14.6 Å². The van der Waals surface area contributed by atoms with Gasteiger partial charge in [0.05, 0.1) is 19.8 Å². The van der Waals surface area contributed by atoms with Crippen molar-refractivity contribution in [1.29, 1.82) is 0 Å². The summed E-state index contributed by atoms with van der Waals surface area (Å²) in [6, 6.07) is 0. The maximum absolute atomic E-state index is 11.5. The van der Waals surface area contributed by atoms with Gasteiger partial charge < -0.3 is 14.6 Å². The van der Waals surface area contributed by atoms with E-state index < -0.39 is 0 Å². The van der Waals surface area contributed by atoms with E-state index in [0.29, 0.717) is 19.6 Å². The van der Waals surface area contributed by atoms with Gasteiger partial charge in [-0.25, -0.2) is 0 Å². The first-order chi connectivity index (χ1) is 12.8. The molecule has 160 valence electrons. The van der Waals surface area contributed by atoms with Gasteiger partial charge in [0.15, 0.2) is 0 Å². The van der Waals surface area contributed by atoms with E-state index >= 15 is 0 Å². The summed E-state index contributed by atoms with van der Waals surface area (Å²) in [6.07, 6.45) is 20.4. The van der Waals surface area contributed by atoms with Crippen molar-refractivity contribution in [2.24, 2.45) is 0 Å². The van der Waals surface area contributed by atoms with Gasteiger partial charge in [0, 0.05) is 6.42 Å². The van der Waals surface area contributed by atoms with Crippen LogP contribution in [0.1, 0.15) is 110 Å². The minimum absolute atomic E-state index is 0. The molecule has 0 unspecified atom stereocenters. The molecule has 0 amide bonds. The monoisotopic (exact) mass is 414 g/mol. The second-order valence-corrected chi connectivity index (χ2v) is 7.26. The van der Waals surface area contributed by atoms with Crippen molar-refractivity contribution < 1.29 is 19.4 Å². The second kappa shape index (κ2) is 26.6. The number of aliphatic hydroxyl groups is 1. The Morgan fingerprint density at radius 1 is 0.667 bits per heavy atom. The van der Waals surface area contributed by atoms with Crippen molar-refractivity contribution in [2.75, 3.05) is 26.4 Å². The van der Waals surface area contributed by atoms with Gasteiger partial charge in [-0.1, -0.05) is 96.8 Å². The van der Waals surface area contributed by atoms with Crippen LogP contribution in [0.3, 0.4) is 0 Å². The van der Waals surface area contributed by atoms with Gasteiger partial charge in [-0.3, -0.25) is 4.79 Å². The molecule has 0 aromatic carbocycles. The number of rotatable bonds is 21. The number of unbranched alkanes of at least 4 members (excludes halogenated alkanes) is 14. The fourth-order valence-electron chi connectivity index (χ4n) is 3.09. The van der Waals surface area contributed by atoms with E-state index in [0.717, 1.165) is 12.8 Å². The van der Waals surface area contributed by atoms with Crippen LogP contribution in [0.5, 0.6) is 0 Å². The zero-order valence-corrected chi connectivity index (χ0v) is 17.3. The first-order valence-electron chi connectivity index (χ1n) is 11.2. The van der Waals surface area contributed by atoms with Crippen LogP contribution in [-0.2, 0) is 14.3 Å². The normalized spacial score (nSPS) is 10.6. The van der Waals surface area contributed by atoms with Crippen LogP contribution in [-0.4, -0.2) is 75.2 Å². The number of hydrogen-bond donors (Lipinski definition) is 1. The molecular weight excluding hydrogens is 368 g/mol. The molecular formula is C22H46CaO4. The van der Waals surface area contributed by atoms with E-state index in [1.165, 1.54) is 83.5 Å². The molecule has 0 radical (unpaired) electrons. The summed E-state index contributed by atoms with van der Waals surface area (Å²) in [6.45, 7) is 3.24. The van der Waals surface area contributed by atoms with Crippen molar-refractivity contribution in [3.05, 3.63) is 0 Å². The SMILES string of the molecule is CCCCCCCCCCCCCCCCCC(=O)OCCOCCO.[CaH2]. The van der Waals surface area contributed by atoms with Crippen LogP contribution >= 0.6 is 0 Å². The third-order valence-electron chi connectivity index (χ3n) is 4.71. The van der Waals surface area contributed by atoms with Crippen molar-refractivity contribution in [2.45, 2.75) is 110 Å². The van der Waals surface area contributed by atoms with Crippen molar-refractivity contribution in [1.82, 2.24) is 0 Å². The maximum atomic E-state index is 11.5. The molecule has 1 N–H and O–H groups in total. The summed E-state index contributed by atoms with van der Waals surface area (Å²) >= 11 is 0. The first kappa shape index (κ1) is 29.8. The Kier molecular flexibility index (Phi) is 29.5. The molecule has 0 atom stereocenters. The van der Waals surface area contributed by atoms with Gasteiger partial charge >= 0.3 is 43.7 Å². The molecule has 0 aromatic heterocycles. The number of ether oxygens (including phenoxy) is 2. The molecule has 0 saturated carbocycles. The summed E-state index contributed by atoms with van der Waals surface area (Å²) in [5.74, 6) is -0.132. The molecule has 0 saturated heterocycles. The Hall–Kier alpha value is 0.650. The molecule has 0 spiro atoms. The number of hydrogen-bond acceptors (Lipinski definition) is 4. The van der Waals surface area contributed by atoms with Crippen LogP contribution in [0.25, 0.3) is 0 Å². The van der Waals surface area contributed by atoms with Crippen molar-refractivity contribution >= 4 is 43.7 Å². The summed E-state index contributed by atoms with van der Waals surface area (Å²) in [4.78, 5) is 11.5. The standard InChI is InChI=1S/C22H44O4.Ca.2H/c1-2-3-4-5-6-7-8-9-10-11-12-13-14-15-16-17-22(24)26-21-20-25-19-18-23;;;/h23H,2-21H2,1H3;;;. The molecule has 0 aliphatic rings. The number of carbonyl (C=O) groups is 1. The number of carbonyl (C=O) groups excluding carboxylic acids is 1. The summed E-state index contributed by atoms with van der Waals surface area (Å²) in [7, 11) is 0. The van der Waals surface area contributed by atoms with E-state index in [2.05, 4.69) is 6.92 Å². The van der Waals surface area contributed by atoms with Gasteiger partial charge in [-0.05, 0) is 6.42 Å². The van der Waals surface area contributed by atoms with Crippen molar-refractivity contribution in [3.8, 4) is 0 Å². The number of aliphatic hydroxyl groups excluding tert-OH is 1. The Labute approximate surface area is 198 Å². The molecule has 0 fully saturated rings. The van der Waals surface area contributed by atoms with Crippen LogP contribution in [0.15, 0.2) is 0 Å². The van der Waals surface area contributed by atoms with Crippen LogP contribution in [0.4, 0.5) is 0 Å². The van der Waals surface area contributed by atoms with Crippen molar-refractivity contribution in [3.63, 3.8) is 0 Å². The summed E-state index contributed by atoms with van der Waals surface area (Å²) in [5.41, 5.74) is 0. The van der Waals surface area contributed by atoms with Gasteiger partial charge in [0.2, 0.25) is 0 Å². The predicted molar refractivity (Wildman–Crippen MR) is 117 cm³/mol. The zero-order chi connectivity index (χ0) is 19.1. The number of esters is 1. The summed E-state index contributed by atoms with van der Waals surface area (Å²) in [5, 5.41) is 8.54. The van der Waals surface area contributed by atoms with Gasteiger partial charge in [-0.2, -0.15) is 0 Å². The van der Waals surface area contributed by atoms with E-state index in [1.54, 1.807) is 0 Å². The molecule has 27 heavy (non-hydrogen) atoms. The van der Waals surface area contributed by atoms with E-state index in [-0.39, 0.29) is 56.9 Å². The first-order valence-corrected chi connectivity index (χ1v) is 11.2. The van der Waals surface area contributed by atoms with Gasteiger partial charge in [0.1, 0.15) is 6.61 Å². The predicted octanol–water partition coefficient (Wildman–Crippen LogP) is 4.88. The van der Waals surface area contributed by atoms with Crippen LogP contribution in [0.2, 0.25) is 0 Å². The molecule has 0 rings (SSSR count). The fraction of sp³-hybridized carbons (Fsp3) is 0.955. The average Bonchev–Trinajstić information content (AvgIpc) is 2.64. The molecule has 0 bridgehead atoms. The Balaban J connectivity index is 0. The Bertz CT molecular complexity index is 287. The van der Waals surface area contributed by atoms with Gasteiger partial charge in [-0.15, -0.1) is 0 Å².